The van der Waals surface area contributed by atoms with Crippen LogP contribution in [0.2, 0.25) is 0 Å². The smallest absolute Gasteiger partial charge is 0.183 e. The van der Waals surface area contributed by atoms with Crippen LogP contribution in [0.3, 0.4) is 0 Å². The third kappa shape index (κ3) is 2.75. The fourth-order valence-corrected chi connectivity index (χ4v) is 2.36. The lowest BCUT2D eigenvalue weighted by molar-refractivity contribution is 0.476. The van der Waals surface area contributed by atoms with E-state index in [2.05, 4.69) is 15.2 Å². The van der Waals surface area contributed by atoms with Crippen molar-refractivity contribution in [2.24, 2.45) is 10.2 Å². The highest BCUT2D eigenvalue weighted by Crippen LogP contribution is 2.34. The van der Waals surface area contributed by atoms with Crippen molar-refractivity contribution in [3.63, 3.8) is 0 Å². The molecular weight excluding hydrogens is 292 g/mol. The van der Waals surface area contributed by atoms with Gasteiger partial charge in [-0.1, -0.05) is 19.9 Å². The van der Waals surface area contributed by atoms with Crippen molar-refractivity contribution in [2.45, 2.75) is 26.7 Å². The van der Waals surface area contributed by atoms with Crippen molar-refractivity contribution in [1.82, 2.24) is 9.38 Å². The molecule has 0 amide bonds. The van der Waals surface area contributed by atoms with Gasteiger partial charge in [0.25, 0.3) is 0 Å². The quantitative estimate of drug-likeness (QED) is 0.694. The predicted octanol–water partition coefficient (Wildman–Crippen LogP) is 4.59. The summed E-state index contributed by atoms with van der Waals surface area (Å²) in [5.74, 6) is 0.831. The molecule has 3 aromatic rings. The van der Waals surface area contributed by atoms with Gasteiger partial charge in [-0.2, -0.15) is 0 Å². The van der Waals surface area contributed by atoms with E-state index in [0.29, 0.717) is 17.2 Å². The van der Waals surface area contributed by atoms with Gasteiger partial charge >= 0.3 is 0 Å². The Bertz CT molecular complexity index is 897. The number of nitrogens with zero attached hydrogens (tertiary/aromatic N) is 4. The second-order valence-corrected chi connectivity index (χ2v) is 5.75. The number of hydrogen-bond donors (Lipinski definition) is 2. The average molecular weight is 310 g/mol. The number of hydrogen-bond acceptors (Lipinski definition) is 5. The summed E-state index contributed by atoms with van der Waals surface area (Å²) >= 11 is 0. The molecule has 6 nitrogen and oxygen atoms in total. The molecule has 0 fully saturated rings. The van der Waals surface area contributed by atoms with Crippen LogP contribution in [0.15, 0.2) is 46.8 Å². The Hall–Kier alpha value is -2.89. The van der Waals surface area contributed by atoms with Crippen LogP contribution < -0.4 is 0 Å². The van der Waals surface area contributed by atoms with Crippen molar-refractivity contribution < 1.29 is 10.2 Å². The third-order valence-electron chi connectivity index (χ3n) is 3.56. The lowest BCUT2D eigenvalue weighted by atomic mass is 10.1. The summed E-state index contributed by atoms with van der Waals surface area (Å²) in [4.78, 5) is 4.46. The van der Waals surface area contributed by atoms with Crippen LogP contribution >= 0.6 is 0 Å². The number of aryl methyl sites for hydroxylation is 1. The van der Waals surface area contributed by atoms with Crippen molar-refractivity contribution >= 4 is 17.2 Å². The average Bonchev–Trinajstić information content (AvgIpc) is 2.89. The molecule has 0 aliphatic rings. The van der Waals surface area contributed by atoms with Gasteiger partial charge in [-0.15, -0.1) is 10.2 Å². The number of pyridine rings is 1. The molecule has 0 spiro atoms. The van der Waals surface area contributed by atoms with E-state index in [1.54, 1.807) is 40.9 Å². The van der Waals surface area contributed by atoms with Crippen molar-refractivity contribution in [1.29, 1.82) is 0 Å². The number of phenols is 1. The van der Waals surface area contributed by atoms with E-state index in [-0.39, 0.29) is 17.4 Å². The molecule has 2 heterocycles. The number of imidazole rings is 1. The highest BCUT2D eigenvalue weighted by Gasteiger charge is 2.17. The van der Waals surface area contributed by atoms with Gasteiger partial charge in [-0.05, 0) is 42.7 Å². The predicted molar refractivity (Wildman–Crippen MR) is 88.0 cm³/mol. The van der Waals surface area contributed by atoms with E-state index in [9.17, 15) is 10.2 Å². The largest absolute Gasteiger partial charge is 0.506 e. The van der Waals surface area contributed by atoms with Gasteiger partial charge in [0.15, 0.2) is 17.2 Å². The van der Waals surface area contributed by atoms with E-state index in [1.165, 1.54) is 0 Å². The summed E-state index contributed by atoms with van der Waals surface area (Å²) in [6, 6.07) is 8.46. The zero-order valence-corrected chi connectivity index (χ0v) is 13.2. The highest BCUT2D eigenvalue weighted by molar-refractivity contribution is 5.61. The Balaban J connectivity index is 2.15. The van der Waals surface area contributed by atoms with Crippen LogP contribution in [0.5, 0.6) is 11.5 Å². The zero-order chi connectivity index (χ0) is 16.6. The standard InChI is InChI=1S/C17H18N4O2/c1-10(2)15-17(21-8-4-5-14(23)16(21)18-15)20-19-12-9-11(3)6-7-13(12)22/h4-10,22-23H,1-3H3. The number of aromatic hydroxyl groups is 2. The normalized spacial score (nSPS) is 11.8. The van der Waals surface area contributed by atoms with Crippen LogP contribution in [0.25, 0.3) is 5.65 Å². The second-order valence-electron chi connectivity index (χ2n) is 5.75. The minimum Gasteiger partial charge on any atom is -0.506 e. The Morgan fingerprint density at radius 2 is 1.87 bits per heavy atom. The molecule has 0 aliphatic heterocycles. The summed E-state index contributed by atoms with van der Waals surface area (Å²) in [6.45, 7) is 5.92. The molecule has 0 radical (unpaired) electrons. The number of rotatable bonds is 3. The van der Waals surface area contributed by atoms with Crippen LogP contribution in [0, 0.1) is 6.92 Å². The first-order valence-corrected chi connectivity index (χ1v) is 7.38. The Kier molecular flexibility index (Phi) is 3.73. The summed E-state index contributed by atoms with van der Waals surface area (Å²) in [5, 5.41) is 28.3. The molecule has 23 heavy (non-hydrogen) atoms. The van der Waals surface area contributed by atoms with Gasteiger partial charge in [-0.3, -0.25) is 4.40 Å². The monoisotopic (exact) mass is 310 g/mol. The molecule has 3 rings (SSSR count). The van der Waals surface area contributed by atoms with E-state index < -0.39 is 0 Å². The minimum absolute atomic E-state index is 0.0714. The lowest BCUT2D eigenvalue weighted by Crippen LogP contribution is -1.87. The fraction of sp³-hybridized carbons (Fsp3) is 0.235. The SMILES string of the molecule is Cc1ccc(O)c(N=Nc2c(C(C)C)nc3c(O)cccn23)c1. The van der Waals surface area contributed by atoms with E-state index >= 15 is 0 Å². The first kappa shape index (κ1) is 15.0. The van der Waals surface area contributed by atoms with E-state index in [1.807, 2.05) is 20.8 Å². The van der Waals surface area contributed by atoms with Gasteiger partial charge < -0.3 is 10.2 Å². The molecular formula is C17H18N4O2. The minimum atomic E-state index is 0.0714. The maximum absolute atomic E-state index is 9.96. The van der Waals surface area contributed by atoms with Crippen LogP contribution in [-0.4, -0.2) is 19.6 Å². The van der Waals surface area contributed by atoms with Gasteiger partial charge in [0, 0.05) is 6.20 Å². The number of benzene rings is 1. The van der Waals surface area contributed by atoms with Crippen LogP contribution in [0.1, 0.15) is 31.0 Å². The van der Waals surface area contributed by atoms with Crippen molar-refractivity contribution in [3.8, 4) is 11.5 Å². The molecule has 2 aromatic heterocycles. The molecule has 0 atom stereocenters. The molecule has 118 valence electrons. The summed E-state index contributed by atoms with van der Waals surface area (Å²) in [6.07, 6.45) is 1.78. The molecule has 0 aliphatic carbocycles. The molecule has 0 bridgehead atoms. The van der Waals surface area contributed by atoms with E-state index in [4.69, 9.17) is 0 Å². The Morgan fingerprint density at radius 1 is 1.09 bits per heavy atom. The topological polar surface area (TPSA) is 82.5 Å². The van der Waals surface area contributed by atoms with Crippen LogP contribution in [0.4, 0.5) is 11.5 Å². The maximum atomic E-state index is 9.96. The number of phenolic OH excluding ortho intramolecular Hbond substituents is 1. The molecule has 0 unspecified atom stereocenters. The third-order valence-corrected chi connectivity index (χ3v) is 3.56. The van der Waals surface area contributed by atoms with Crippen LogP contribution in [-0.2, 0) is 0 Å². The van der Waals surface area contributed by atoms with E-state index in [0.717, 1.165) is 11.3 Å². The number of azo groups is 1. The molecule has 0 saturated carbocycles. The summed E-state index contributed by atoms with van der Waals surface area (Å²) in [5.41, 5.74) is 2.56. The first-order chi connectivity index (χ1) is 11.0. The van der Waals surface area contributed by atoms with Gasteiger partial charge in [0.2, 0.25) is 0 Å². The van der Waals surface area contributed by atoms with Gasteiger partial charge in [-0.25, -0.2) is 4.98 Å². The van der Waals surface area contributed by atoms with Gasteiger partial charge in [0.05, 0.1) is 5.69 Å². The second kappa shape index (κ2) is 5.72. The number of aromatic nitrogens is 2. The molecule has 2 N–H and O–H groups in total. The summed E-state index contributed by atoms with van der Waals surface area (Å²) in [7, 11) is 0. The first-order valence-electron chi connectivity index (χ1n) is 7.38. The summed E-state index contributed by atoms with van der Waals surface area (Å²) < 4.78 is 1.70. The van der Waals surface area contributed by atoms with Gasteiger partial charge in [0.1, 0.15) is 11.4 Å². The zero-order valence-electron chi connectivity index (χ0n) is 13.2. The van der Waals surface area contributed by atoms with Crippen molar-refractivity contribution in [3.05, 3.63) is 47.8 Å². The highest BCUT2D eigenvalue weighted by atomic mass is 16.3. The molecule has 0 saturated heterocycles. The Labute approximate surface area is 133 Å². The van der Waals surface area contributed by atoms with Crippen molar-refractivity contribution in [2.75, 3.05) is 0 Å². The lowest BCUT2D eigenvalue weighted by Gasteiger charge is -2.02. The molecule has 1 aromatic carbocycles. The fourth-order valence-electron chi connectivity index (χ4n) is 2.36. The Morgan fingerprint density at radius 3 is 2.61 bits per heavy atom. The maximum Gasteiger partial charge on any atom is 0.183 e. The number of fused-ring (bicyclic) bond motifs is 1. The molecule has 6 heteroatoms.